The van der Waals surface area contributed by atoms with Gasteiger partial charge < -0.3 is 9.29 Å². The van der Waals surface area contributed by atoms with E-state index in [9.17, 15) is 13.2 Å². The number of aliphatic hydroxyl groups excluding tert-OH is 1. The molecule has 6 nitrogen and oxygen atoms in total. The molecule has 0 amide bonds. The lowest BCUT2D eigenvalue weighted by Gasteiger charge is -2.01. The summed E-state index contributed by atoms with van der Waals surface area (Å²) in [4.78, 5) is 10.7. The number of rotatable bonds is 5. The van der Waals surface area contributed by atoms with Crippen molar-refractivity contribution in [2.24, 2.45) is 0 Å². The molecule has 0 aliphatic heterocycles. The monoisotopic (exact) mass is 210 g/mol. The molecule has 0 aliphatic carbocycles. The summed E-state index contributed by atoms with van der Waals surface area (Å²) in [5.41, 5.74) is -0.119. The Bertz CT molecular complexity index is 290. The van der Waals surface area contributed by atoms with Crippen LogP contribution in [-0.2, 0) is 19.4 Å². The van der Waals surface area contributed by atoms with Crippen molar-refractivity contribution in [3.63, 3.8) is 0 Å². The SMILES string of the molecule is C=C(CCCO)C(=O)OS(=O)(=O)O. The second kappa shape index (κ2) is 4.95. The minimum Gasteiger partial charge on any atom is -0.396 e. The summed E-state index contributed by atoms with van der Waals surface area (Å²) < 4.78 is 31.8. The van der Waals surface area contributed by atoms with E-state index in [4.69, 9.17) is 9.66 Å². The molecule has 0 radical (unpaired) electrons. The maximum atomic E-state index is 10.7. The van der Waals surface area contributed by atoms with E-state index in [2.05, 4.69) is 10.8 Å². The van der Waals surface area contributed by atoms with Crippen molar-refractivity contribution in [2.45, 2.75) is 12.8 Å². The first-order valence-corrected chi connectivity index (χ1v) is 4.73. The number of aliphatic hydroxyl groups is 1. The van der Waals surface area contributed by atoms with Gasteiger partial charge in [0.1, 0.15) is 0 Å². The fraction of sp³-hybridized carbons (Fsp3) is 0.500. The highest BCUT2D eigenvalue weighted by Gasteiger charge is 2.15. The van der Waals surface area contributed by atoms with Crippen LogP contribution in [0.15, 0.2) is 12.2 Å². The predicted octanol–water partition coefficient (Wildman–Crippen LogP) is -0.339. The van der Waals surface area contributed by atoms with Crippen molar-refractivity contribution >= 4 is 16.4 Å². The molecule has 0 heterocycles. The molecule has 0 atom stereocenters. The largest absolute Gasteiger partial charge is 0.449 e. The molecule has 0 aliphatic rings. The van der Waals surface area contributed by atoms with Gasteiger partial charge in [0.2, 0.25) is 0 Å². The van der Waals surface area contributed by atoms with E-state index in [1.807, 2.05) is 0 Å². The van der Waals surface area contributed by atoms with Crippen LogP contribution in [0.25, 0.3) is 0 Å². The lowest BCUT2D eigenvalue weighted by molar-refractivity contribution is -0.130. The van der Waals surface area contributed by atoms with Crippen LogP contribution in [-0.4, -0.2) is 30.7 Å². The molecule has 0 aromatic rings. The second-order valence-corrected chi connectivity index (χ2v) is 3.25. The molecule has 13 heavy (non-hydrogen) atoms. The van der Waals surface area contributed by atoms with Gasteiger partial charge in [-0.15, -0.1) is 0 Å². The lowest BCUT2D eigenvalue weighted by atomic mass is 10.2. The summed E-state index contributed by atoms with van der Waals surface area (Å²) in [6.07, 6.45) is 0.393. The number of carbonyl (C=O) groups excluding carboxylic acids is 1. The first kappa shape index (κ1) is 12.1. The predicted molar refractivity (Wildman–Crippen MR) is 43.1 cm³/mol. The van der Waals surface area contributed by atoms with Crippen molar-refractivity contribution in [1.29, 1.82) is 0 Å². The van der Waals surface area contributed by atoms with E-state index in [1.54, 1.807) is 0 Å². The van der Waals surface area contributed by atoms with Gasteiger partial charge in [0.05, 0.1) is 0 Å². The van der Waals surface area contributed by atoms with E-state index in [1.165, 1.54) is 0 Å². The molecule has 0 rings (SSSR count). The van der Waals surface area contributed by atoms with Crippen LogP contribution in [0.2, 0.25) is 0 Å². The van der Waals surface area contributed by atoms with Gasteiger partial charge in [-0.2, -0.15) is 8.42 Å². The van der Waals surface area contributed by atoms with E-state index >= 15 is 0 Å². The third-order valence-corrected chi connectivity index (χ3v) is 1.47. The van der Waals surface area contributed by atoms with Gasteiger partial charge in [-0.05, 0) is 12.8 Å². The smallest absolute Gasteiger partial charge is 0.396 e. The van der Waals surface area contributed by atoms with E-state index in [0.717, 1.165) is 0 Å². The van der Waals surface area contributed by atoms with E-state index in [0.29, 0.717) is 0 Å². The van der Waals surface area contributed by atoms with Crippen LogP contribution in [0.1, 0.15) is 12.8 Å². The molecular weight excluding hydrogens is 200 g/mol. The van der Waals surface area contributed by atoms with Crippen molar-refractivity contribution in [1.82, 2.24) is 0 Å². The summed E-state index contributed by atoms with van der Waals surface area (Å²) in [6, 6.07) is 0. The topological polar surface area (TPSA) is 101 Å². The fourth-order valence-corrected chi connectivity index (χ4v) is 0.858. The van der Waals surface area contributed by atoms with Gasteiger partial charge in [0.25, 0.3) is 0 Å². The second-order valence-electron chi connectivity index (χ2n) is 2.23. The Kier molecular flexibility index (Phi) is 4.60. The van der Waals surface area contributed by atoms with Gasteiger partial charge in [-0.1, -0.05) is 6.58 Å². The molecule has 0 aromatic heterocycles. The van der Waals surface area contributed by atoms with Crippen molar-refractivity contribution < 1.29 is 27.1 Å². The number of hydrogen-bond acceptors (Lipinski definition) is 5. The maximum absolute atomic E-state index is 10.7. The summed E-state index contributed by atoms with van der Waals surface area (Å²) >= 11 is 0. The van der Waals surface area contributed by atoms with Crippen LogP contribution in [0.3, 0.4) is 0 Å². The molecule has 0 unspecified atom stereocenters. The molecule has 0 saturated heterocycles. The first-order valence-electron chi connectivity index (χ1n) is 3.36. The third kappa shape index (κ3) is 6.26. The molecule has 0 fully saturated rings. The lowest BCUT2D eigenvalue weighted by Crippen LogP contribution is -2.13. The molecular formula is C6H10O6S. The Hall–Kier alpha value is -0.920. The Morgan fingerprint density at radius 1 is 1.46 bits per heavy atom. The Balaban J connectivity index is 4.06. The Morgan fingerprint density at radius 3 is 2.38 bits per heavy atom. The zero-order chi connectivity index (χ0) is 10.5. The van der Waals surface area contributed by atoms with Crippen LogP contribution in [0, 0.1) is 0 Å². The standard InChI is InChI=1S/C6H10O6S/c1-5(3-2-4-7)6(8)12-13(9,10)11/h7H,1-4H2,(H,9,10,11). The molecule has 0 saturated carbocycles. The first-order chi connectivity index (χ1) is 5.87. The fourth-order valence-electron chi connectivity index (χ4n) is 0.549. The summed E-state index contributed by atoms with van der Waals surface area (Å²) in [6.45, 7) is 3.07. The van der Waals surface area contributed by atoms with Crippen LogP contribution in [0.5, 0.6) is 0 Å². The third-order valence-electron chi connectivity index (χ3n) is 1.11. The van der Waals surface area contributed by atoms with Gasteiger partial charge in [-0.25, -0.2) is 4.79 Å². The highest BCUT2D eigenvalue weighted by atomic mass is 32.3. The van der Waals surface area contributed by atoms with Gasteiger partial charge in [-0.3, -0.25) is 4.55 Å². The molecule has 0 aromatic carbocycles. The van der Waals surface area contributed by atoms with Gasteiger partial charge in [0.15, 0.2) is 0 Å². The summed E-state index contributed by atoms with van der Waals surface area (Å²) in [7, 11) is -4.77. The highest BCUT2D eigenvalue weighted by Crippen LogP contribution is 2.05. The van der Waals surface area contributed by atoms with Crippen molar-refractivity contribution in [3.8, 4) is 0 Å². The Morgan fingerprint density at radius 2 is 2.00 bits per heavy atom. The number of hydrogen-bond donors (Lipinski definition) is 2. The minimum atomic E-state index is -4.77. The molecule has 0 spiro atoms. The van der Waals surface area contributed by atoms with Gasteiger partial charge in [0, 0.05) is 12.2 Å². The summed E-state index contributed by atoms with van der Waals surface area (Å²) in [5.74, 6) is -1.21. The highest BCUT2D eigenvalue weighted by molar-refractivity contribution is 7.81. The van der Waals surface area contributed by atoms with Crippen LogP contribution in [0.4, 0.5) is 0 Å². The average molecular weight is 210 g/mol. The van der Waals surface area contributed by atoms with E-state index < -0.39 is 16.4 Å². The van der Waals surface area contributed by atoms with Crippen LogP contribution >= 0.6 is 0 Å². The van der Waals surface area contributed by atoms with E-state index in [-0.39, 0.29) is 25.0 Å². The van der Waals surface area contributed by atoms with Crippen LogP contribution < -0.4 is 0 Å². The van der Waals surface area contributed by atoms with Gasteiger partial charge >= 0.3 is 16.4 Å². The quantitative estimate of drug-likeness (QED) is 0.475. The maximum Gasteiger partial charge on any atom is 0.449 e. The Labute approximate surface area is 75.8 Å². The summed E-state index contributed by atoms with van der Waals surface area (Å²) in [5, 5.41) is 8.37. The van der Waals surface area contributed by atoms with Crippen molar-refractivity contribution in [2.75, 3.05) is 6.61 Å². The average Bonchev–Trinajstić information content (AvgIpc) is 1.96. The zero-order valence-electron chi connectivity index (χ0n) is 6.76. The van der Waals surface area contributed by atoms with Crippen molar-refractivity contribution in [3.05, 3.63) is 12.2 Å². The molecule has 76 valence electrons. The normalized spacial score (nSPS) is 10.9. The molecule has 0 bridgehead atoms. The number of carbonyl (C=O) groups is 1. The molecule has 2 N–H and O–H groups in total. The minimum absolute atomic E-state index is 0.116. The zero-order valence-corrected chi connectivity index (χ0v) is 7.58. The molecule has 7 heteroatoms.